The molecule has 140 valence electrons. The molecule has 1 atom stereocenters. The molecule has 27 heavy (non-hydrogen) atoms. The molecule has 1 N–H and O–H groups in total. The molecule has 3 aromatic carbocycles. The van der Waals surface area contributed by atoms with Gasteiger partial charge < -0.3 is 14.8 Å². The summed E-state index contributed by atoms with van der Waals surface area (Å²) in [4.78, 5) is 0. The summed E-state index contributed by atoms with van der Waals surface area (Å²) < 4.78 is 11.4. The topological polar surface area (TPSA) is 30.5 Å². The fourth-order valence-electron chi connectivity index (χ4n) is 2.84. The molecule has 0 radical (unpaired) electrons. The van der Waals surface area contributed by atoms with Crippen molar-refractivity contribution in [2.24, 2.45) is 0 Å². The van der Waals surface area contributed by atoms with Crippen molar-refractivity contribution in [3.8, 4) is 11.5 Å². The molecular formula is C23H24ClNO2. The predicted octanol–water partition coefficient (Wildman–Crippen LogP) is 5.78. The van der Waals surface area contributed by atoms with Crippen molar-refractivity contribution < 1.29 is 9.47 Å². The highest BCUT2D eigenvalue weighted by molar-refractivity contribution is 6.31. The smallest absolute Gasteiger partial charge is 0.163 e. The Morgan fingerprint density at radius 3 is 2.26 bits per heavy atom. The van der Waals surface area contributed by atoms with Crippen LogP contribution in [-0.2, 0) is 13.2 Å². The predicted molar refractivity (Wildman–Crippen MR) is 110 cm³/mol. The maximum atomic E-state index is 6.49. The van der Waals surface area contributed by atoms with Crippen LogP contribution in [-0.4, -0.2) is 7.11 Å². The molecule has 0 amide bonds. The van der Waals surface area contributed by atoms with Gasteiger partial charge in [0.05, 0.1) is 7.11 Å². The Bertz CT molecular complexity index is 853. The number of hydrogen-bond donors (Lipinski definition) is 1. The fourth-order valence-corrected chi connectivity index (χ4v) is 3.06. The first kappa shape index (κ1) is 19.3. The third kappa shape index (κ3) is 5.25. The van der Waals surface area contributed by atoms with Crippen molar-refractivity contribution >= 4 is 11.6 Å². The Morgan fingerprint density at radius 1 is 0.926 bits per heavy atom. The van der Waals surface area contributed by atoms with Crippen LogP contribution in [0.15, 0.2) is 72.8 Å². The molecule has 4 heteroatoms. The van der Waals surface area contributed by atoms with E-state index in [0.29, 0.717) is 29.7 Å². The Hall–Kier alpha value is -2.49. The number of nitrogens with one attached hydrogen (secondary N) is 1. The van der Waals surface area contributed by atoms with Crippen LogP contribution >= 0.6 is 11.6 Å². The molecule has 3 rings (SSSR count). The summed E-state index contributed by atoms with van der Waals surface area (Å²) in [6, 6.07) is 24.3. The quantitative estimate of drug-likeness (QED) is 0.536. The number of benzene rings is 3. The highest BCUT2D eigenvalue weighted by atomic mass is 35.5. The molecule has 3 nitrogen and oxygen atoms in total. The summed E-state index contributed by atoms with van der Waals surface area (Å²) in [6.07, 6.45) is 0. The van der Waals surface area contributed by atoms with Crippen LogP contribution in [0.2, 0.25) is 5.02 Å². The van der Waals surface area contributed by atoms with E-state index in [1.807, 2.05) is 60.7 Å². The molecule has 0 saturated heterocycles. The van der Waals surface area contributed by atoms with Crippen molar-refractivity contribution in [3.05, 3.63) is 94.5 Å². The summed E-state index contributed by atoms with van der Waals surface area (Å²) in [5.41, 5.74) is 3.31. The number of hydrogen-bond acceptors (Lipinski definition) is 3. The molecule has 0 fully saturated rings. The first-order valence-electron chi connectivity index (χ1n) is 8.99. The summed E-state index contributed by atoms with van der Waals surface area (Å²) in [5, 5.41) is 4.16. The molecule has 0 aliphatic rings. The number of ether oxygens (including phenoxy) is 2. The standard InChI is InChI=1S/C23H24ClNO2/c1-17(19-11-7-4-8-12-19)25-15-20-13-22(26-2)23(14-21(20)24)27-16-18-9-5-3-6-10-18/h3-14,17,25H,15-16H2,1-2H3. The number of methoxy groups -OCH3 is 1. The summed E-state index contributed by atoms with van der Waals surface area (Å²) in [5.74, 6) is 1.32. The Labute approximate surface area is 165 Å². The van der Waals surface area contributed by atoms with Gasteiger partial charge in [0.2, 0.25) is 0 Å². The molecule has 0 aromatic heterocycles. The second-order valence-electron chi connectivity index (χ2n) is 6.38. The first-order chi connectivity index (χ1) is 13.2. The van der Waals surface area contributed by atoms with Crippen LogP contribution in [0.25, 0.3) is 0 Å². The van der Waals surface area contributed by atoms with Gasteiger partial charge in [0, 0.05) is 23.7 Å². The SMILES string of the molecule is COc1cc(CNC(C)c2ccccc2)c(Cl)cc1OCc1ccccc1. The summed E-state index contributed by atoms with van der Waals surface area (Å²) in [7, 11) is 1.64. The average Bonchev–Trinajstić information content (AvgIpc) is 2.72. The highest BCUT2D eigenvalue weighted by Gasteiger charge is 2.12. The monoisotopic (exact) mass is 381 g/mol. The van der Waals surface area contributed by atoms with Crippen LogP contribution < -0.4 is 14.8 Å². The molecular weight excluding hydrogens is 358 g/mol. The molecule has 1 unspecified atom stereocenters. The van der Waals surface area contributed by atoms with Crippen LogP contribution in [0.4, 0.5) is 0 Å². The maximum absolute atomic E-state index is 6.49. The van der Waals surface area contributed by atoms with Gasteiger partial charge in [-0.15, -0.1) is 0 Å². The van der Waals surface area contributed by atoms with E-state index in [1.54, 1.807) is 7.11 Å². The van der Waals surface area contributed by atoms with Crippen molar-refractivity contribution in [2.45, 2.75) is 26.1 Å². The van der Waals surface area contributed by atoms with E-state index in [2.05, 4.69) is 24.4 Å². The van der Waals surface area contributed by atoms with E-state index >= 15 is 0 Å². The Morgan fingerprint density at radius 2 is 1.59 bits per heavy atom. The molecule has 0 bridgehead atoms. The van der Waals surface area contributed by atoms with Gasteiger partial charge in [0.1, 0.15) is 6.61 Å². The second kappa shape index (κ2) is 9.45. The van der Waals surface area contributed by atoms with E-state index in [-0.39, 0.29) is 6.04 Å². The van der Waals surface area contributed by atoms with Gasteiger partial charge in [0.15, 0.2) is 11.5 Å². The fraction of sp³-hybridized carbons (Fsp3) is 0.217. The van der Waals surface area contributed by atoms with Gasteiger partial charge in [-0.05, 0) is 29.7 Å². The van der Waals surface area contributed by atoms with Crippen molar-refractivity contribution in [3.63, 3.8) is 0 Å². The lowest BCUT2D eigenvalue weighted by molar-refractivity contribution is 0.284. The van der Waals surface area contributed by atoms with E-state index in [0.717, 1.165) is 11.1 Å². The maximum Gasteiger partial charge on any atom is 0.163 e. The lowest BCUT2D eigenvalue weighted by Gasteiger charge is -2.17. The second-order valence-corrected chi connectivity index (χ2v) is 6.79. The van der Waals surface area contributed by atoms with Gasteiger partial charge in [0.25, 0.3) is 0 Å². The third-order valence-electron chi connectivity index (χ3n) is 4.47. The Kier molecular flexibility index (Phi) is 6.74. The van der Waals surface area contributed by atoms with Crippen molar-refractivity contribution in [1.82, 2.24) is 5.32 Å². The van der Waals surface area contributed by atoms with Gasteiger partial charge >= 0.3 is 0 Å². The van der Waals surface area contributed by atoms with Gasteiger partial charge in [-0.1, -0.05) is 72.3 Å². The van der Waals surface area contributed by atoms with Crippen LogP contribution in [0.1, 0.15) is 29.7 Å². The van der Waals surface area contributed by atoms with Gasteiger partial charge in [-0.25, -0.2) is 0 Å². The largest absolute Gasteiger partial charge is 0.493 e. The minimum Gasteiger partial charge on any atom is -0.493 e. The zero-order valence-electron chi connectivity index (χ0n) is 15.6. The molecule has 0 aliphatic heterocycles. The normalized spacial score (nSPS) is 11.8. The van der Waals surface area contributed by atoms with E-state index in [9.17, 15) is 0 Å². The zero-order chi connectivity index (χ0) is 19.1. The van der Waals surface area contributed by atoms with Crippen molar-refractivity contribution in [2.75, 3.05) is 7.11 Å². The Balaban J connectivity index is 1.68. The number of halogens is 1. The molecule has 0 spiro atoms. The van der Waals surface area contributed by atoms with E-state index < -0.39 is 0 Å². The van der Waals surface area contributed by atoms with Crippen LogP contribution in [0.3, 0.4) is 0 Å². The summed E-state index contributed by atoms with van der Waals surface area (Å²) >= 11 is 6.49. The summed E-state index contributed by atoms with van der Waals surface area (Å²) in [6.45, 7) is 3.25. The minimum atomic E-state index is 0.224. The molecule has 0 saturated carbocycles. The molecule has 0 aliphatic carbocycles. The average molecular weight is 382 g/mol. The van der Waals surface area contributed by atoms with Gasteiger partial charge in [-0.2, -0.15) is 0 Å². The van der Waals surface area contributed by atoms with E-state index in [4.69, 9.17) is 21.1 Å². The van der Waals surface area contributed by atoms with Crippen LogP contribution in [0.5, 0.6) is 11.5 Å². The minimum absolute atomic E-state index is 0.224. The van der Waals surface area contributed by atoms with Crippen molar-refractivity contribution in [1.29, 1.82) is 0 Å². The molecule has 3 aromatic rings. The first-order valence-corrected chi connectivity index (χ1v) is 9.36. The highest BCUT2D eigenvalue weighted by Crippen LogP contribution is 2.34. The zero-order valence-corrected chi connectivity index (χ0v) is 16.4. The third-order valence-corrected chi connectivity index (χ3v) is 4.82. The number of rotatable bonds is 8. The lowest BCUT2D eigenvalue weighted by atomic mass is 10.1. The molecule has 0 heterocycles. The lowest BCUT2D eigenvalue weighted by Crippen LogP contribution is -2.18. The van der Waals surface area contributed by atoms with E-state index in [1.165, 1.54) is 5.56 Å². The van der Waals surface area contributed by atoms with Crippen LogP contribution in [0, 0.1) is 0 Å². The van der Waals surface area contributed by atoms with Gasteiger partial charge in [-0.3, -0.25) is 0 Å².